The van der Waals surface area contributed by atoms with Crippen LogP contribution in [0.25, 0.3) is 11.0 Å². The third kappa shape index (κ3) is 2.65. The van der Waals surface area contributed by atoms with Gasteiger partial charge in [-0.25, -0.2) is 15.0 Å². The average molecular weight is 290 g/mol. The van der Waals surface area contributed by atoms with Gasteiger partial charge in [0.05, 0.1) is 17.0 Å². The highest BCUT2D eigenvalue weighted by atomic mass is 15.1. The summed E-state index contributed by atoms with van der Waals surface area (Å²) in [5, 5.41) is 13.0. The van der Waals surface area contributed by atoms with E-state index in [1.54, 1.807) is 18.2 Å². The van der Waals surface area contributed by atoms with E-state index in [0.717, 1.165) is 10.9 Å². The number of anilines is 2. The first-order valence-corrected chi connectivity index (χ1v) is 6.81. The van der Waals surface area contributed by atoms with Gasteiger partial charge in [-0.15, -0.1) is 0 Å². The minimum Gasteiger partial charge on any atom is -0.384 e. The molecule has 0 spiro atoms. The zero-order valence-electron chi connectivity index (χ0n) is 12.0. The molecule has 0 radical (unpaired) electrons. The van der Waals surface area contributed by atoms with Crippen molar-refractivity contribution in [1.82, 2.24) is 15.0 Å². The Hall–Kier alpha value is -3.20. The van der Waals surface area contributed by atoms with E-state index >= 15 is 0 Å². The second kappa shape index (κ2) is 5.66. The quantitative estimate of drug-likeness (QED) is 0.769. The molecule has 1 atom stereocenters. The van der Waals surface area contributed by atoms with Gasteiger partial charge in [-0.05, 0) is 36.8 Å². The highest BCUT2D eigenvalue weighted by Gasteiger charge is 2.10. The molecule has 0 aliphatic rings. The van der Waals surface area contributed by atoms with Crippen molar-refractivity contribution in [2.75, 3.05) is 11.1 Å². The molecule has 3 N–H and O–H groups in total. The minimum absolute atomic E-state index is 0.0309. The van der Waals surface area contributed by atoms with Gasteiger partial charge in [-0.1, -0.05) is 12.1 Å². The second-order valence-corrected chi connectivity index (χ2v) is 4.93. The Balaban J connectivity index is 1.90. The van der Waals surface area contributed by atoms with Crippen LogP contribution in [-0.2, 0) is 0 Å². The van der Waals surface area contributed by atoms with Gasteiger partial charge < -0.3 is 11.1 Å². The normalized spacial score (nSPS) is 11.8. The molecule has 0 saturated heterocycles. The number of fused-ring (bicyclic) bond motifs is 1. The maximum absolute atomic E-state index is 8.84. The topological polar surface area (TPSA) is 101 Å². The molecule has 6 heteroatoms. The summed E-state index contributed by atoms with van der Waals surface area (Å²) >= 11 is 0. The largest absolute Gasteiger partial charge is 0.384 e. The van der Waals surface area contributed by atoms with Crippen molar-refractivity contribution in [1.29, 1.82) is 5.26 Å². The number of nitrogens with zero attached hydrogens (tertiary/aromatic N) is 4. The second-order valence-electron chi connectivity index (χ2n) is 4.93. The lowest BCUT2D eigenvalue weighted by atomic mass is 10.1. The Kier molecular flexibility index (Phi) is 3.54. The van der Waals surface area contributed by atoms with E-state index in [2.05, 4.69) is 26.3 Å². The monoisotopic (exact) mass is 290 g/mol. The minimum atomic E-state index is 0.0309. The summed E-state index contributed by atoms with van der Waals surface area (Å²) in [6, 6.07) is 13.2. The number of hydrogen-bond acceptors (Lipinski definition) is 6. The van der Waals surface area contributed by atoms with Crippen LogP contribution in [-0.4, -0.2) is 15.0 Å². The predicted molar refractivity (Wildman–Crippen MR) is 84.9 cm³/mol. The number of nitrogens with one attached hydrogen (secondary N) is 1. The van der Waals surface area contributed by atoms with E-state index in [1.165, 1.54) is 6.33 Å². The summed E-state index contributed by atoms with van der Waals surface area (Å²) in [4.78, 5) is 12.6. The zero-order valence-corrected chi connectivity index (χ0v) is 12.0. The smallest absolute Gasteiger partial charge is 0.166 e. The summed E-state index contributed by atoms with van der Waals surface area (Å²) in [7, 11) is 0. The molecule has 0 bridgehead atoms. The van der Waals surface area contributed by atoms with Crippen molar-refractivity contribution in [2.24, 2.45) is 0 Å². The summed E-state index contributed by atoms with van der Waals surface area (Å²) in [5.41, 5.74) is 7.94. The molecule has 0 aliphatic carbocycles. The fourth-order valence-electron chi connectivity index (χ4n) is 2.21. The third-order valence-electron chi connectivity index (χ3n) is 3.41. The van der Waals surface area contributed by atoms with E-state index in [4.69, 9.17) is 11.0 Å². The molecule has 2 heterocycles. The summed E-state index contributed by atoms with van der Waals surface area (Å²) < 4.78 is 0. The fraction of sp³-hybridized carbons (Fsp3) is 0.125. The first-order chi connectivity index (χ1) is 10.7. The van der Waals surface area contributed by atoms with E-state index < -0.39 is 0 Å². The third-order valence-corrected chi connectivity index (χ3v) is 3.41. The lowest BCUT2D eigenvalue weighted by molar-refractivity contribution is 0.875. The van der Waals surface area contributed by atoms with Gasteiger partial charge in [0.25, 0.3) is 0 Å². The van der Waals surface area contributed by atoms with Gasteiger partial charge >= 0.3 is 0 Å². The number of nitriles is 1. The standard InChI is InChI=1S/C16H14N6/c1-10(12-4-2-11(8-17)3-5-12)21-15-13-6-7-14(18)22-16(13)20-9-19-15/h2-7,9-10H,1H3,(H3,18,19,20,21,22). The van der Waals surface area contributed by atoms with Gasteiger partial charge in [0, 0.05) is 6.04 Å². The molecule has 0 amide bonds. The van der Waals surface area contributed by atoms with Gasteiger partial charge in [0.15, 0.2) is 5.65 Å². The van der Waals surface area contributed by atoms with Crippen molar-refractivity contribution < 1.29 is 0 Å². The maximum atomic E-state index is 8.84. The Bertz CT molecular complexity index is 851. The SMILES string of the molecule is CC(Nc1ncnc2nc(N)ccc12)c1ccc(C#N)cc1. The van der Waals surface area contributed by atoms with Gasteiger partial charge in [-0.3, -0.25) is 0 Å². The van der Waals surface area contributed by atoms with Crippen molar-refractivity contribution in [3.63, 3.8) is 0 Å². The molecule has 3 rings (SSSR count). The molecule has 3 aromatic rings. The van der Waals surface area contributed by atoms with Gasteiger partial charge in [-0.2, -0.15) is 5.26 Å². The molecule has 1 unspecified atom stereocenters. The maximum Gasteiger partial charge on any atom is 0.166 e. The van der Waals surface area contributed by atoms with E-state index in [1.807, 2.05) is 25.1 Å². The van der Waals surface area contributed by atoms with E-state index in [9.17, 15) is 0 Å². The molecule has 2 aromatic heterocycles. The van der Waals surface area contributed by atoms with Crippen molar-refractivity contribution in [3.8, 4) is 6.07 Å². The molecular formula is C16H14N6. The number of nitrogens with two attached hydrogens (primary N) is 1. The van der Waals surface area contributed by atoms with Crippen molar-refractivity contribution in [3.05, 3.63) is 53.9 Å². The van der Waals surface area contributed by atoms with Crippen LogP contribution in [0, 0.1) is 11.3 Å². The van der Waals surface area contributed by atoms with Gasteiger partial charge in [0.2, 0.25) is 0 Å². The van der Waals surface area contributed by atoms with E-state index in [-0.39, 0.29) is 6.04 Å². The molecule has 108 valence electrons. The highest BCUT2D eigenvalue weighted by Crippen LogP contribution is 2.23. The highest BCUT2D eigenvalue weighted by molar-refractivity contribution is 5.87. The summed E-state index contributed by atoms with van der Waals surface area (Å²) in [5.74, 6) is 1.13. The Morgan fingerprint density at radius 1 is 1.14 bits per heavy atom. The number of hydrogen-bond donors (Lipinski definition) is 2. The first-order valence-electron chi connectivity index (χ1n) is 6.81. The fourth-order valence-corrected chi connectivity index (χ4v) is 2.21. The number of aromatic nitrogens is 3. The number of benzene rings is 1. The Labute approximate surface area is 127 Å². The average Bonchev–Trinajstić information content (AvgIpc) is 2.55. The molecule has 0 fully saturated rings. The molecular weight excluding hydrogens is 276 g/mol. The number of rotatable bonds is 3. The van der Waals surface area contributed by atoms with Crippen LogP contribution < -0.4 is 11.1 Å². The van der Waals surface area contributed by atoms with Gasteiger partial charge in [0.1, 0.15) is 18.0 Å². The van der Waals surface area contributed by atoms with Crippen molar-refractivity contribution in [2.45, 2.75) is 13.0 Å². The van der Waals surface area contributed by atoms with Crippen LogP contribution in [0.5, 0.6) is 0 Å². The van der Waals surface area contributed by atoms with Crippen molar-refractivity contribution >= 4 is 22.7 Å². The van der Waals surface area contributed by atoms with Crippen LogP contribution in [0.15, 0.2) is 42.7 Å². The summed E-state index contributed by atoms with van der Waals surface area (Å²) in [6.45, 7) is 2.03. The molecule has 0 aliphatic heterocycles. The van der Waals surface area contributed by atoms with Crippen LogP contribution in [0.2, 0.25) is 0 Å². The molecule has 22 heavy (non-hydrogen) atoms. The molecule has 1 aromatic carbocycles. The van der Waals surface area contributed by atoms with Crippen LogP contribution in [0.1, 0.15) is 24.1 Å². The molecule has 6 nitrogen and oxygen atoms in total. The lowest BCUT2D eigenvalue weighted by Gasteiger charge is -2.16. The van der Waals surface area contributed by atoms with Crippen LogP contribution in [0.3, 0.4) is 0 Å². The molecule has 0 saturated carbocycles. The van der Waals surface area contributed by atoms with E-state index in [0.29, 0.717) is 22.8 Å². The lowest BCUT2D eigenvalue weighted by Crippen LogP contribution is -2.09. The van der Waals surface area contributed by atoms with Crippen LogP contribution in [0.4, 0.5) is 11.6 Å². The zero-order chi connectivity index (χ0) is 15.5. The Morgan fingerprint density at radius 3 is 2.64 bits per heavy atom. The van der Waals surface area contributed by atoms with Crippen LogP contribution >= 0.6 is 0 Å². The predicted octanol–water partition coefficient (Wildman–Crippen LogP) is 2.65. The first kappa shape index (κ1) is 13.8. The Morgan fingerprint density at radius 2 is 1.91 bits per heavy atom. The number of pyridine rings is 1. The summed E-state index contributed by atoms with van der Waals surface area (Å²) in [6.07, 6.45) is 1.46. The number of nitrogen functional groups attached to an aromatic ring is 1.